The summed E-state index contributed by atoms with van der Waals surface area (Å²) in [6, 6.07) is 0. The normalized spacial score (nSPS) is 13.7. The molecule has 1 N–H and O–H groups in total. The average Bonchev–Trinajstić information content (AvgIpc) is 3.40. The number of esters is 2. The van der Waals surface area contributed by atoms with E-state index < -0.39 is 24.3 Å². The lowest BCUT2D eigenvalue weighted by Gasteiger charge is -2.25. The summed E-state index contributed by atoms with van der Waals surface area (Å²) in [5.41, 5.74) is 0. The fourth-order valence-corrected chi connectivity index (χ4v) is 7.74. The van der Waals surface area contributed by atoms with E-state index in [0.29, 0.717) is 17.4 Å². The van der Waals surface area contributed by atoms with Crippen LogP contribution >= 0.6 is 0 Å². The first-order valence-corrected chi connectivity index (χ1v) is 30.3. The second kappa shape index (κ2) is 57.6. The van der Waals surface area contributed by atoms with E-state index in [4.69, 9.17) is 18.9 Å². The number of unbranched alkanes of at least 4 members (excludes halogenated alkanes) is 17. The summed E-state index contributed by atoms with van der Waals surface area (Å²) in [5.74, 6) is -2.04. The van der Waals surface area contributed by atoms with Crippen LogP contribution in [0.4, 0.5) is 0 Å². The van der Waals surface area contributed by atoms with Gasteiger partial charge in [0.1, 0.15) is 13.2 Å². The Labute approximate surface area is 471 Å². The quantitative estimate of drug-likeness (QED) is 0.0211. The first-order chi connectivity index (χ1) is 37.6. The molecule has 0 rings (SSSR count). The van der Waals surface area contributed by atoms with E-state index in [1.54, 1.807) is 0 Å². The molecule has 0 aliphatic rings. The fourth-order valence-electron chi connectivity index (χ4n) is 7.74. The molecule has 0 spiro atoms. The van der Waals surface area contributed by atoms with Crippen molar-refractivity contribution in [3.63, 3.8) is 0 Å². The maximum Gasteiger partial charge on any atom is 0.361 e. The van der Waals surface area contributed by atoms with Crippen LogP contribution in [-0.4, -0.2) is 87.4 Å². The van der Waals surface area contributed by atoms with E-state index in [1.807, 2.05) is 21.1 Å². The molecule has 0 heterocycles. The zero-order valence-electron chi connectivity index (χ0n) is 49.6. The number of allylic oxidation sites excluding steroid dienone is 22. The molecule has 436 valence electrons. The minimum Gasteiger partial charge on any atom is -0.477 e. The molecule has 0 saturated carbocycles. The van der Waals surface area contributed by atoms with Crippen molar-refractivity contribution in [3.05, 3.63) is 134 Å². The van der Waals surface area contributed by atoms with E-state index >= 15 is 0 Å². The third kappa shape index (κ3) is 58.9. The summed E-state index contributed by atoms with van der Waals surface area (Å²) in [4.78, 5) is 37.4. The third-order valence-electron chi connectivity index (χ3n) is 12.4. The molecule has 0 aliphatic carbocycles. The van der Waals surface area contributed by atoms with Gasteiger partial charge in [-0.15, -0.1) is 0 Å². The Morgan fingerprint density at radius 3 is 1.10 bits per heavy atom. The number of carbonyl (C=O) groups excluding carboxylic acids is 2. The Hall–Kier alpha value is -4.57. The van der Waals surface area contributed by atoms with Gasteiger partial charge in [0.2, 0.25) is 0 Å². The van der Waals surface area contributed by atoms with E-state index in [1.165, 1.54) is 64.2 Å². The second-order valence-electron chi connectivity index (χ2n) is 20.9. The largest absolute Gasteiger partial charge is 0.477 e. The fraction of sp³-hybridized carbons (Fsp3) is 0.632. The molecule has 0 fully saturated rings. The van der Waals surface area contributed by atoms with Crippen molar-refractivity contribution >= 4 is 17.9 Å². The number of carboxylic acids is 1. The highest BCUT2D eigenvalue weighted by Gasteiger charge is 2.25. The van der Waals surface area contributed by atoms with E-state index in [0.717, 1.165) is 122 Å². The summed E-state index contributed by atoms with van der Waals surface area (Å²) in [7, 11) is 5.95. The molecule has 9 heteroatoms. The van der Waals surface area contributed by atoms with Gasteiger partial charge >= 0.3 is 17.9 Å². The number of rotatable bonds is 54. The molecular weight excluding hydrogens is 959 g/mol. The molecule has 0 bridgehead atoms. The Kier molecular flexibility index (Phi) is 54.2. The minimum absolute atomic E-state index is 0.177. The van der Waals surface area contributed by atoms with Gasteiger partial charge in [0.05, 0.1) is 34.4 Å². The zero-order chi connectivity index (χ0) is 56.2. The van der Waals surface area contributed by atoms with Gasteiger partial charge < -0.3 is 28.5 Å². The number of hydrogen-bond acceptors (Lipinski definition) is 7. The number of ether oxygens (including phenoxy) is 4. The van der Waals surface area contributed by atoms with Gasteiger partial charge in [-0.25, -0.2) is 4.79 Å². The SMILES string of the molecule is CC/C=C\C/C=C\C/C=C\C/C=C\C/C=C\C/C=C\C/C=C\C/C=C\C/C=C\CCCCCCCCCC(=O)OC(COC(=O)CCCCCCCCC/C=C\C/C=C\CCCCC)COC(OCC[N+](C)(C)C)C(=O)O. The number of aliphatic carboxylic acids is 1. The number of likely N-dealkylation sites (N-methyl/N-ethyl adjacent to an activating group) is 1. The van der Waals surface area contributed by atoms with Crippen LogP contribution < -0.4 is 0 Å². The topological polar surface area (TPSA) is 108 Å². The molecule has 0 aromatic carbocycles. The van der Waals surface area contributed by atoms with Crippen molar-refractivity contribution in [2.75, 3.05) is 47.5 Å². The lowest BCUT2D eigenvalue weighted by atomic mass is 10.1. The second-order valence-corrected chi connectivity index (χ2v) is 20.9. The minimum atomic E-state index is -1.52. The maximum absolute atomic E-state index is 12.9. The lowest BCUT2D eigenvalue weighted by Crippen LogP contribution is -2.40. The highest BCUT2D eigenvalue weighted by molar-refractivity contribution is 5.71. The predicted octanol–water partition coefficient (Wildman–Crippen LogP) is 18.2. The standard InChI is InChI=1S/C68H111NO8/c1-6-8-10-12-14-16-18-20-22-24-25-26-27-28-29-30-31-32-33-34-35-36-37-38-39-40-41-43-45-47-49-51-53-55-57-59-66(71)77-64(63-76-68(67(72)73)74-61-60-69(3,4)5)62-75-65(70)58-56-54-52-50-48-46-44-42-23-21-19-17-15-13-11-9-7-2/h8,10,14-17,20-23,25-26,28-29,31-32,34-35,37-38,40-41,64,68H,6-7,9,11-13,18-19,24,27,30,33,36,39,42-63H2,1-5H3/p+1/b10-8-,16-14-,17-15-,22-20-,23-21-,26-25-,29-28-,32-31-,35-34-,38-37-,41-40-. The number of hydrogen-bond donors (Lipinski definition) is 1. The van der Waals surface area contributed by atoms with Crippen LogP contribution in [0.3, 0.4) is 0 Å². The van der Waals surface area contributed by atoms with Crippen LogP contribution in [0.1, 0.15) is 219 Å². The predicted molar refractivity (Wildman–Crippen MR) is 327 cm³/mol. The van der Waals surface area contributed by atoms with Gasteiger partial charge in [-0.05, 0) is 116 Å². The van der Waals surface area contributed by atoms with E-state index in [-0.39, 0.29) is 38.6 Å². The molecule has 2 atom stereocenters. The summed E-state index contributed by atoms with van der Waals surface area (Å²) in [6.45, 7) is 4.70. The first kappa shape index (κ1) is 72.4. The van der Waals surface area contributed by atoms with E-state index in [2.05, 4.69) is 148 Å². The summed E-state index contributed by atoms with van der Waals surface area (Å²) >= 11 is 0. The van der Waals surface area contributed by atoms with Crippen LogP contribution in [0.25, 0.3) is 0 Å². The molecule has 0 aromatic rings. The molecule has 0 saturated heterocycles. The zero-order valence-corrected chi connectivity index (χ0v) is 49.6. The van der Waals surface area contributed by atoms with Crippen LogP contribution in [0.2, 0.25) is 0 Å². The summed E-state index contributed by atoms with van der Waals surface area (Å²) in [6.07, 6.45) is 79.6. The maximum atomic E-state index is 12.9. The van der Waals surface area contributed by atoms with Crippen molar-refractivity contribution < 1.29 is 42.9 Å². The van der Waals surface area contributed by atoms with Crippen molar-refractivity contribution in [1.82, 2.24) is 0 Å². The highest BCUT2D eigenvalue weighted by atomic mass is 16.7. The summed E-state index contributed by atoms with van der Waals surface area (Å²) in [5, 5.41) is 9.71. The molecule has 0 radical (unpaired) electrons. The molecule has 77 heavy (non-hydrogen) atoms. The van der Waals surface area contributed by atoms with Crippen LogP contribution in [-0.2, 0) is 33.3 Å². The van der Waals surface area contributed by atoms with Crippen LogP contribution in [0.15, 0.2) is 134 Å². The number of carbonyl (C=O) groups is 3. The first-order valence-electron chi connectivity index (χ1n) is 30.3. The van der Waals surface area contributed by atoms with Gasteiger partial charge in [-0.3, -0.25) is 9.59 Å². The molecule has 0 aliphatic heterocycles. The van der Waals surface area contributed by atoms with E-state index in [9.17, 15) is 19.5 Å². The monoisotopic (exact) mass is 1070 g/mol. The molecule has 2 unspecified atom stereocenters. The van der Waals surface area contributed by atoms with Gasteiger partial charge in [0.25, 0.3) is 6.29 Å². The lowest BCUT2D eigenvalue weighted by molar-refractivity contribution is -0.870. The summed E-state index contributed by atoms with van der Waals surface area (Å²) < 4.78 is 22.9. The number of quaternary nitrogens is 1. The van der Waals surface area contributed by atoms with Crippen molar-refractivity contribution in [3.8, 4) is 0 Å². The third-order valence-corrected chi connectivity index (χ3v) is 12.4. The molecule has 0 amide bonds. The Bertz CT molecular complexity index is 1720. The number of carboxylic acid groups (broad SMARTS) is 1. The van der Waals surface area contributed by atoms with Crippen molar-refractivity contribution in [2.45, 2.75) is 232 Å². The number of nitrogens with zero attached hydrogens (tertiary/aromatic N) is 1. The molecule has 0 aromatic heterocycles. The molecular formula is C68H112NO8+. The Balaban J connectivity index is 4.26. The van der Waals surface area contributed by atoms with Gasteiger partial charge in [-0.2, -0.15) is 0 Å². The van der Waals surface area contributed by atoms with Crippen molar-refractivity contribution in [2.24, 2.45) is 0 Å². The average molecular weight is 1070 g/mol. The van der Waals surface area contributed by atoms with Crippen LogP contribution in [0.5, 0.6) is 0 Å². The van der Waals surface area contributed by atoms with Crippen molar-refractivity contribution in [1.29, 1.82) is 0 Å². The highest BCUT2D eigenvalue weighted by Crippen LogP contribution is 2.14. The smallest absolute Gasteiger partial charge is 0.361 e. The van der Waals surface area contributed by atoms with Gasteiger partial charge in [-0.1, -0.05) is 225 Å². The van der Waals surface area contributed by atoms with Crippen LogP contribution in [0, 0.1) is 0 Å². The Morgan fingerprint density at radius 1 is 0.403 bits per heavy atom. The Morgan fingerprint density at radius 2 is 0.740 bits per heavy atom. The molecule has 9 nitrogen and oxygen atoms in total. The van der Waals surface area contributed by atoms with Gasteiger partial charge in [0, 0.05) is 12.8 Å². The van der Waals surface area contributed by atoms with Gasteiger partial charge in [0.15, 0.2) is 6.10 Å².